The summed E-state index contributed by atoms with van der Waals surface area (Å²) in [6, 6.07) is 10.9. The average Bonchev–Trinajstić information content (AvgIpc) is 2.73. The maximum atomic E-state index is 12.7. The summed E-state index contributed by atoms with van der Waals surface area (Å²) in [5.74, 6) is 1.16. The van der Waals surface area contributed by atoms with Crippen molar-refractivity contribution < 1.29 is 9.59 Å². The predicted octanol–water partition coefficient (Wildman–Crippen LogP) is 5.49. The van der Waals surface area contributed by atoms with Crippen LogP contribution >= 0.6 is 0 Å². The van der Waals surface area contributed by atoms with Gasteiger partial charge in [-0.2, -0.15) is 0 Å². The summed E-state index contributed by atoms with van der Waals surface area (Å²) < 4.78 is 0. The number of piperidine rings is 1. The molecule has 2 atom stereocenters. The van der Waals surface area contributed by atoms with Crippen LogP contribution in [0.15, 0.2) is 42.5 Å². The van der Waals surface area contributed by atoms with Crippen LogP contribution in [-0.2, 0) is 16.0 Å². The molecule has 28 heavy (non-hydrogen) atoms. The molecule has 1 amide bonds. The van der Waals surface area contributed by atoms with Crippen molar-refractivity contribution in [3.8, 4) is 0 Å². The van der Waals surface area contributed by atoms with Gasteiger partial charge in [0.1, 0.15) is 0 Å². The molecule has 3 rings (SSSR count). The van der Waals surface area contributed by atoms with E-state index in [-0.39, 0.29) is 11.7 Å². The normalized spacial score (nSPS) is 22.2. The largest absolute Gasteiger partial charge is 0.339 e. The fraction of sp³-hybridized carbons (Fsp3) is 0.600. The second-order valence-corrected chi connectivity index (χ2v) is 8.44. The van der Waals surface area contributed by atoms with Crippen molar-refractivity contribution in [2.45, 2.75) is 83.1 Å². The lowest BCUT2D eigenvalue weighted by Crippen LogP contribution is -2.49. The molecule has 0 spiro atoms. The Morgan fingerprint density at radius 2 is 1.75 bits per heavy atom. The zero-order chi connectivity index (χ0) is 19.6. The molecular weight excluding hydrogens is 346 g/mol. The fourth-order valence-electron chi connectivity index (χ4n) is 4.86. The summed E-state index contributed by atoms with van der Waals surface area (Å²) >= 11 is 0. The molecule has 1 aromatic rings. The van der Waals surface area contributed by atoms with E-state index < -0.39 is 0 Å². The number of unbranched alkanes of at least 4 members (excludes halogenated alkanes) is 1. The second kappa shape index (κ2) is 11.2. The Labute approximate surface area is 170 Å². The van der Waals surface area contributed by atoms with Crippen LogP contribution in [0.3, 0.4) is 0 Å². The summed E-state index contributed by atoms with van der Waals surface area (Å²) in [6.07, 6.45) is 15.9. The van der Waals surface area contributed by atoms with E-state index in [0.29, 0.717) is 25.3 Å². The standard InChI is InChI=1S/C25H35NO2/c27-23(16-6-2-5-13-21-11-3-1-4-12-21)17-9-19-25(28)26-20-10-15-22-14-7-8-18-24(22)26/h1,3-4,6,11-12,16,22,24H,2,5,7-10,13-15,17-20H2. The molecule has 1 aliphatic carbocycles. The van der Waals surface area contributed by atoms with Crippen molar-refractivity contribution in [3.05, 3.63) is 48.0 Å². The molecule has 1 saturated heterocycles. The lowest BCUT2D eigenvalue weighted by atomic mass is 9.78. The van der Waals surface area contributed by atoms with Gasteiger partial charge < -0.3 is 4.90 Å². The molecular formula is C25H35NO2. The van der Waals surface area contributed by atoms with Gasteiger partial charge >= 0.3 is 0 Å². The van der Waals surface area contributed by atoms with Crippen molar-refractivity contribution >= 4 is 11.7 Å². The molecule has 2 fully saturated rings. The molecule has 3 heteroatoms. The smallest absolute Gasteiger partial charge is 0.222 e. The van der Waals surface area contributed by atoms with Crippen LogP contribution in [-0.4, -0.2) is 29.2 Å². The highest BCUT2D eigenvalue weighted by Gasteiger charge is 2.35. The maximum Gasteiger partial charge on any atom is 0.222 e. The molecule has 2 aliphatic rings. The van der Waals surface area contributed by atoms with Gasteiger partial charge in [0.15, 0.2) is 5.78 Å². The van der Waals surface area contributed by atoms with E-state index in [2.05, 4.69) is 29.2 Å². The maximum absolute atomic E-state index is 12.7. The number of hydrogen-bond donors (Lipinski definition) is 0. The van der Waals surface area contributed by atoms with E-state index in [0.717, 1.165) is 38.1 Å². The molecule has 0 bridgehead atoms. The van der Waals surface area contributed by atoms with Crippen molar-refractivity contribution in [2.75, 3.05) is 6.54 Å². The van der Waals surface area contributed by atoms with Crippen LogP contribution in [0.2, 0.25) is 0 Å². The number of rotatable bonds is 9. The van der Waals surface area contributed by atoms with Gasteiger partial charge in [-0.15, -0.1) is 0 Å². The first-order valence-electron chi connectivity index (χ1n) is 11.3. The van der Waals surface area contributed by atoms with Gasteiger partial charge in [0, 0.05) is 25.4 Å². The second-order valence-electron chi connectivity index (χ2n) is 8.44. The van der Waals surface area contributed by atoms with Crippen LogP contribution in [0.25, 0.3) is 0 Å². The van der Waals surface area contributed by atoms with Crippen molar-refractivity contribution in [1.82, 2.24) is 4.90 Å². The van der Waals surface area contributed by atoms with Gasteiger partial charge in [0.2, 0.25) is 5.91 Å². The number of allylic oxidation sites excluding steroid dienone is 2. The highest BCUT2D eigenvalue weighted by atomic mass is 16.2. The minimum atomic E-state index is 0.154. The third-order valence-electron chi connectivity index (χ3n) is 6.36. The number of likely N-dealkylation sites (tertiary alicyclic amines) is 1. The number of carbonyl (C=O) groups excluding carboxylic acids is 2. The van der Waals surface area contributed by atoms with E-state index >= 15 is 0 Å². The molecule has 0 N–H and O–H groups in total. The number of aryl methyl sites for hydroxylation is 1. The SMILES string of the molecule is O=C(C=CCCCc1ccccc1)CCCC(=O)N1CCCC2CCCCC21. The third-order valence-corrected chi connectivity index (χ3v) is 6.36. The number of fused-ring (bicyclic) bond motifs is 1. The number of carbonyl (C=O) groups is 2. The number of ketones is 1. The lowest BCUT2D eigenvalue weighted by molar-refractivity contribution is -0.137. The summed E-state index contributed by atoms with van der Waals surface area (Å²) in [7, 11) is 0. The van der Waals surface area contributed by atoms with Crippen molar-refractivity contribution in [1.29, 1.82) is 0 Å². The summed E-state index contributed by atoms with van der Waals surface area (Å²) in [5.41, 5.74) is 1.35. The molecule has 2 unspecified atom stereocenters. The summed E-state index contributed by atoms with van der Waals surface area (Å²) in [6.45, 7) is 0.926. The van der Waals surface area contributed by atoms with Crippen LogP contribution < -0.4 is 0 Å². The van der Waals surface area contributed by atoms with Crippen molar-refractivity contribution in [3.63, 3.8) is 0 Å². The minimum absolute atomic E-state index is 0.154. The molecule has 3 nitrogen and oxygen atoms in total. The van der Waals surface area contributed by atoms with Crippen molar-refractivity contribution in [2.24, 2.45) is 5.92 Å². The molecule has 0 aromatic heterocycles. The van der Waals surface area contributed by atoms with E-state index in [9.17, 15) is 9.59 Å². The molecule has 1 saturated carbocycles. The first-order chi connectivity index (χ1) is 13.7. The molecule has 1 aromatic carbocycles. The average molecular weight is 382 g/mol. The highest BCUT2D eigenvalue weighted by molar-refractivity contribution is 5.89. The third kappa shape index (κ3) is 6.32. The predicted molar refractivity (Wildman–Crippen MR) is 114 cm³/mol. The van der Waals surface area contributed by atoms with Gasteiger partial charge in [-0.25, -0.2) is 0 Å². The Balaban J connectivity index is 1.30. The lowest BCUT2D eigenvalue weighted by Gasteiger charge is -2.44. The topological polar surface area (TPSA) is 37.4 Å². The van der Waals surface area contributed by atoms with Crippen LogP contribution in [0.4, 0.5) is 0 Å². The molecule has 0 radical (unpaired) electrons. The Morgan fingerprint density at radius 3 is 2.61 bits per heavy atom. The molecule has 1 aliphatic heterocycles. The van der Waals surface area contributed by atoms with Crippen LogP contribution in [0.5, 0.6) is 0 Å². The zero-order valence-electron chi connectivity index (χ0n) is 17.2. The number of nitrogens with zero attached hydrogens (tertiary/aromatic N) is 1. The Bertz CT molecular complexity index is 650. The van der Waals surface area contributed by atoms with Gasteiger partial charge in [-0.1, -0.05) is 49.2 Å². The van der Waals surface area contributed by atoms with Gasteiger partial charge in [0.25, 0.3) is 0 Å². The number of benzene rings is 1. The summed E-state index contributed by atoms with van der Waals surface area (Å²) in [4.78, 5) is 26.9. The van der Waals surface area contributed by atoms with E-state index in [4.69, 9.17) is 0 Å². The number of amides is 1. The van der Waals surface area contributed by atoms with Gasteiger partial charge in [0.05, 0.1) is 0 Å². The highest BCUT2D eigenvalue weighted by Crippen LogP contribution is 2.35. The minimum Gasteiger partial charge on any atom is -0.339 e. The fourth-order valence-corrected chi connectivity index (χ4v) is 4.86. The molecule has 152 valence electrons. The Hall–Kier alpha value is -1.90. The van der Waals surface area contributed by atoms with E-state index in [1.54, 1.807) is 6.08 Å². The molecule has 1 heterocycles. The van der Waals surface area contributed by atoms with Gasteiger partial charge in [-0.05, 0) is 68.9 Å². The zero-order valence-corrected chi connectivity index (χ0v) is 17.2. The first kappa shape index (κ1) is 20.8. The monoisotopic (exact) mass is 381 g/mol. The van der Waals surface area contributed by atoms with Crippen LogP contribution in [0.1, 0.15) is 76.2 Å². The van der Waals surface area contributed by atoms with E-state index in [1.807, 2.05) is 12.1 Å². The Kier molecular flexibility index (Phi) is 8.32. The Morgan fingerprint density at radius 1 is 0.964 bits per heavy atom. The van der Waals surface area contributed by atoms with Crippen LogP contribution in [0, 0.1) is 5.92 Å². The first-order valence-corrected chi connectivity index (χ1v) is 11.3. The number of hydrogen-bond acceptors (Lipinski definition) is 2. The van der Waals surface area contributed by atoms with Gasteiger partial charge in [-0.3, -0.25) is 9.59 Å². The summed E-state index contributed by atoms with van der Waals surface area (Å²) in [5, 5.41) is 0. The quantitative estimate of drug-likeness (QED) is 0.419. The van der Waals surface area contributed by atoms with E-state index in [1.165, 1.54) is 37.7 Å².